The number of aliphatic hydroxyl groups excluding tert-OH is 1. The Morgan fingerprint density at radius 3 is 2.55 bits per heavy atom. The first-order valence-corrected chi connectivity index (χ1v) is 6.69. The molecule has 6 nitrogen and oxygen atoms in total. The summed E-state index contributed by atoms with van der Waals surface area (Å²) in [5.74, 6) is 0.443. The number of hydrogen-bond acceptors (Lipinski definition) is 4. The molecule has 0 spiro atoms. The summed E-state index contributed by atoms with van der Waals surface area (Å²) < 4.78 is 5.32. The number of hydrazine groups is 1. The topological polar surface area (TPSA) is 82.6 Å². The van der Waals surface area contributed by atoms with Crippen LogP contribution in [0.3, 0.4) is 0 Å². The van der Waals surface area contributed by atoms with Crippen molar-refractivity contribution in [3.8, 4) is 5.75 Å². The Labute approximate surface area is 123 Å². The lowest BCUT2D eigenvalue weighted by Crippen LogP contribution is -2.44. The Bertz CT molecular complexity index is 449. The zero-order chi connectivity index (χ0) is 15.0. The van der Waals surface area contributed by atoms with Gasteiger partial charge in [-0.2, -0.15) is 0 Å². The van der Waals surface area contributed by atoms with Gasteiger partial charge >= 0.3 is 0 Å². The normalized spacial score (nSPS) is 11.3. The van der Waals surface area contributed by atoms with Gasteiger partial charge in [-0.3, -0.25) is 15.6 Å². The summed E-state index contributed by atoms with van der Waals surface area (Å²) in [7, 11) is 0. The van der Waals surface area contributed by atoms with Crippen LogP contribution in [0.2, 0.25) is 0 Å². The average Bonchev–Trinajstić information content (AvgIpc) is 2.38. The van der Waals surface area contributed by atoms with Gasteiger partial charge in [-0.05, 0) is 50.3 Å². The molecule has 1 aromatic rings. The van der Waals surface area contributed by atoms with Gasteiger partial charge < -0.3 is 15.2 Å². The van der Waals surface area contributed by atoms with Crippen LogP contribution < -0.4 is 20.9 Å². The van der Waals surface area contributed by atoms with Crippen LogP contribution in [0.4, 0.5) is 5.69 Å². The van der Waals surface area contributed by atoms with Crippen molar-refractivity contribution in [1.29, 1.82) is 0 Å². The van der Waals surface area contributed by atoms with E-state index in [2.05, 4.69) is 16.2 Å². The minimum absolute atomic E-state index is 0.0126. The maximum absolute atomic E-state index is 11.3. The second kappa shape index (κ2) is 8.34. The molecule has 7 heteroatoms. The lowest BCUT2D eigenvalue weighted by atomic mass is 10.3. The Morgan fingerprint density at radius 1 is 1.35 bits per heavy atom. The van der Waals surface area contributed by atoms with Crippen molar-refractivity contribution in [2.45, 2.75) is 26.4 Å². The van der Waals surface area contributed by atoms with E-state index in [1.54, 1.807) is 0 Å². The molecule has 110 valence electrons. The lowest BCUT2D eigenvalue weighted by molar-refractivity contribution is -0.123. The molecule has 0 aromatic heterocycles. The van der Waals surface area contributed by atoms with Gasteiger partial charge in [0.2, 0.25) is 5.91 Å². The van der Waals surface area contributed by atoms with E-state index >= 15 is 0 Å². The fourth-order valence-electron chi connectivity index (χ4n) is 1.41. The summed E-state index contributed by atoms with van der Waals surface area (Å²) in [5, 5.41) is 12.2. The number of ether oxygens (including phenoxy) is 1. The monoisotopic (exact) mass is 297 g/mol. The summed E-state index contributed by atoms with van der Waals surface area (Å²) in [4.78, 5) is 11.3. The summed E-state index contributed by atoms with van der Waals surface area (Å²) in [6, 6.07) is 7.27. The third-order valence-corrected chi connectivity index (χ3v) is 2.42. The highest BCUT2D eigenvalue weighted by Crippen LogP contribution is 2.15. The molecular formula is C13H19N3O3S. The van der Waals surface area contributed by atoms with Gasteiger partial charge in [0.25, 0.3) is 0 Å². The first-order valence-electron chi connectivity index (χ1n) is 6.28. The van der Waals surface area contributed by atoms with Crippen LogP contribution in [0.25, 0.3) is 0 Å². The minimum Gasteiger partial charge on any atom is -0.494 e. The second-order valence-corrected chi connectivity index (χ2v) is 4.55. The largest absolute Gasteiger partial charge is 0.494 e. The van der Waals surface area contributed by atoms with Crippen molar-refractivity contribution in [2.24, 2.45) is 0 Å². The zero-order valence-electron chi connectivity index (χ0n) is 11.5. The number of thiocarbonyl (C=S) groups is 1. The van der Waals surface area contributed by atoms with Crippen molar-refractivity contribution < 1.29 is 14.6 Å². The third kappa shape index (κ3) is 6.35. The fourth-order valence-corrected chi connectivity index (χ4v) is 1.58. The van der Waals surface area contributed by atoms with Crippen LogP contribution in [-0.2, 0) is 4.79 Å². The average molecular weight is 297 g/mol. The molecule has 1 rings (SSSR count). The van der Waals surface area contributed by atoms with E-state index in [-0.39, 0.29) is 17.4 Å². The highest BCUT2D eigenvalue weighted by Gasteiger charge is 2.06. The van der Waals surface area contributed by atoms with E-state index in [0.717, 1.165) is 11.4 Å². The minimum atomic E-state index is -0.690. The number of aliphatic hydroxyl groups is 1. The molecule has 20 heavy (non-hydrogen) atoms. The van der Waals surface area contributed by atoms with Crippen LogP contribution in [0.15, 0.2) is 24.3 Å². The molecule has 0 fully saturated rings. The van der Waals surface area contributed by atoms with Crippen LogP contribution in [0.1, 0.15) is 20.3 Å². The molecule has 0 heterocycles. The molecule has 0 aliphatic rings. The number of carbonyl (C=O) groups excluding carboxylic acids is 1. The fraction of sp³-hybridized carbons (Fsp3) is 0.385. The first-order chi connectivity index (χ1) is 9.51. The van der Waals surface area contributed by atoms with Crippen LogP contribution in [0.5, 0.6) is 5.75 Å². The van der Waals surface area contributed by atoms with Crippen LogP contribution in [0, 0.1) is 0 Å². The number of carbonyl (C=O) groups is 1. The van der Waals surface area contributed by atoms with Gasteiger partial charge in [0.15, 0.2) is 5.11 Å². The highest BCUT2D eigenvalue weighted by atomic mass is 32.1. The first kappa shape index (κ1) is 16.2. The zero-order valence-corrected chi connectivity index (χ0v) is 12.3. The summed E-state index contributed by atoms with van der Waals surface area (Å²) in [6.45, 7) is 4.07. The van der Waals surface area contributed by atoms with Crippen LogP contribution in [-0.4, -0.2) is 28.8 Å². The number of rotatable bonds is 5. The van der Waals surface area contributed by atoms with Crippen LogP contribution >= 0.6 is 12.2 Å². The van der Waals surface area contributed by atoms with E-state index in [1.807, 2.05) is 31.2 Å². The smallest absolute Gasteiger partial charge is 0.240 e. The summed E-state index contributed by atoms with van der Waals surface area (Å²) in [6.07, 6.45) is -0.678. The van der Waals surface area contributed by atoms with Gasteiger partial charge in [-0.25, -0.2) is 0 Å². The SMILES string of the molecule is CCOc1ccc(NC(=S)NNC(=O)C[C@@H](C)O)cc1. The van der Waals surface area contributed by atoms with Gasteiger partial charge in [-0.1, -0.05) is 0 Å². The Balaban J connectivity index is 2.36. The van der Waals surface area contributed by atoms with Crippen molar-refractivity contribution in [3.63, 3.8) is 0 Å². The van der Waals surface area contributed by atoms with E-state index in [1.165, 1.54) is 6.92 Å². The van der Waals surface area contributed by atoms with Gasteiger partial charge in [0.1, 0.15) is 5.75 Å². The molecule has 0 saturated heterocycles. The number of nitrogens with one attached hydrogen (secondary N) is 3. The molecule has 0 aliphatic carbocycles. The molecule has 0 radical (unpaired) electrons. The van der Waals surface area contributed by atoms with Crippen molar-refractivity contribution in [2.75, 3.05) is 11.9 Å². The molecule has 4 N–H and O–H groups in total. The maximum Gasteiger partial charge on any atom is 0.240 e. The Hall–Kier alpha value is -1.86. The highest BCUT2D eigenvalue weighted by molar-refractivity contribution is 7.80. The number of hydrogen-bond donors (Lipinski definition) is 4. The molecular weight excluding hydrogens is 278 g/mol. The molecule has 0 aliphatic heterocycles. The number of anilines is 1. The van der Waals surface area contributed by atoms with Crippen molar-refractivity contribution >= 4 is 28.9 Å². The predicted octanol–water partition coefficient (Wildman–Crippen LogP) is 1.17. The summed E-state index contributed by atoms with van der Waals surface area (Å²) >= 11 is 5.02. The molecule has 1 atom stereocenters. The van der Waals surface area contributed by atoms with E-state index in [9.17, 15) is 4.79 Å². The molecule has 0 saturated carbocycles. The molecule has 1 aromatic carbocycles. The van der Waals surface area contributed by atoms with E-state index in [4.69, 9.17) is 22.1 Å². The maximum atomic E-state index is 11.3. The van der Waals surface area contributed by atoms with Crippen molar-refractivity contribution in [3.05, 3.63) is 24.3 Å². The summed E-state index contributed by atoms with van der Waals surface area (Å²) in [5.41, 5.74) is 5.72. The standard InChI is InChI=1S/C13H19N3O3S/c1-3-19-11-6-4-10(5-7-11)14-13(20)16-15-12(18)8-9(2)17/h4-7,9,17H,3,8H2,1-2H3,(H,15,18)(H2,14,16,20)/t9-/m1/s1. The van der Waals surface area contributed by atoms with Gasteiger partial charge in [-0.15, -0.1) is 0 Å². The van der Waals surface area contributed by atoms with E-state index in [0.29, 0.717) is 6.61 Å². The number of amides is 1. The Morgan fingerprint density at radius 2 is 2.00 bits per heavy atom. The molecule has 0 bridgehead atoms. The third-order valence-electron chi connectivity index (χ3n) is 2.22. The van der Waals surface area contributed by atoms with E-state index < -0.39 is 6.10 Å². The Kier molecular flexibility index (Phi) is 6.75. The molecule has 0 unspecified atom stereocenters. The molecule has 1 amide bonds. The lowest BCUT2D eigenvalue weighted by Gasteiger charge is -2.12. The van der Waals surface area contributed by atoms with Crippen molar-refractivity contribution in [1.82, 2.24) is 10.9 Å². The van der Waals surface area contributed by atoms with Gasteiger partial charge in [0, 0.05) is 5.69 Å². The quantitative estimate of drug-likeness (QED) is 0.482. The van der Waals surface area contributed by atoms with Gasteiger partial charge in [0.05, 0.1) is 19.1 Å². The second-order valence-electron chi connectivity index (χ2n) is 4.14. The number of benzene rings is 1. The predicted molar refractivity (Wildman–Crippen MR) is 81.4 cm³/mol.